The minimum absolute atomic E-state index is 1.05. The number of rotatable bonds is 6. The molecule has 0 aliphatic rings. The summed E-state index contributed by atoms with van der Waals surface area (Å²) in [5, 5.41) is 3.18. The van der Waals surface area contributed by atoms with Gasteiger partial charge in [-0.2, -0.15) is 0 Å². The molecule has 0 heterocycles. The standard InChI is InChI=1S/C14H24N2/c1-12-7-5-8-14(13(12)2)11-16(4)10-6-9-15-3/h5,7-8,15H,6,9-11H2,1-4H3. The fourth-order valence-electron chi connectivity index (χ4n) is 1.88. The Hall–Kier alpha value is -0.860. The molecule has 16 heavy (non-hydrogen) atoms. The highest BCUT2D eigenvalue weighted by Crippen LogP contribution is 2.14. The van der Waals surface area contributed by atoms with Crippen molar-refractivity contribution >= 4 is 0 Å². The second-order valence-electron chi connectivity index (χ2n) is 4.55. The van der Waals surface area contributed by atoms with E-state index >= 15 is 0 Å². The van der Waals surface area contributed by atoms with Gasteiger partial charge in [0.15, 0.2) is 0 Å². The van der Waals surface area contributed by atoms with Crippen LogP contribution in [0.4, 0.5) is 0 Å². The highest BCUT2D eigenvalue weighted by Gasteiger charge is 2.04. The Morgan fingerprint density at radius 2 is 2.00 bits per heavy atom. The summed E-state index contributed by atoms with van der Waals surface area (Å²) in [5.41, 5.74) is 4.27. The summed E-state index contributed by atoms with van der Waals surface area (Å²) < 4.78 is 0. The molecule has 0 amide bonds. The van der Waals surface area contributed by atoms with E-state index in [0.29, 0.717) is 0 Å². The van der Waals surface area contributed by atoms with E-state index in [-0.39, 0.29) is 0 Å². The summed E-state index contributed by atoms with van der Waals surface area (Å²) in [6.07, 6.45) is 1.21. The fourth-order valence-corrected chi connectivity index (χ4v) is 1.88. The Labute approximate surface area is 99.7 Å². The van der Waals surface area contributed by atoms with Gasteiger partial charge in [0.05, 0.1) is 0 Å². The SMILES string of the molecule is CNCCCN(C)Cc1cccc(C)c1C. The minimum atomic E-state index is 1.05. The maximum atomic E-state index is 3.18. The van der Waals surface area contributed by atoms with Crippen LogP contribution in [0, 0.1) is 13.8 Å². The summed E-state index contributed by atoms with van der Waals surface area (Å²) in [7, 11) is 4.20. The summed E-state index contributed by atoms with van der Waals surface area (Å²) in [4.78, 5) is 2.39. The van der Waals surface area contributed by atoms with Crippen molar-refractivity contribution in [1.82, 2.24) is 10.2 Å². The lowest BCUT2D eigenvalue weighted by Gasteiger charge is -2.18. The van der Waals surface area contributed by atoms with Gasteiger partial charge in [-0.15, -0.1) is 0 Å². The number of hydrogen-bond donors (Lipinski definition) is 1. The Morgan fingerprint density at radius 1 is 1.25 bits per heavy atom. The number of hydrogen-bond acceptors (Lipinski definition) is 2. The van der Waals surface area contributed by atoms with Crippen LogP contribution in [0.1, 0.15) is 23.1 Å². The van der Waals surface area contributed by atoms with Gasteiger partial charge < -0.3 is 10.2 Å². The molecule has 0 radical (unpaired) electrons. The molecule has 1 rings (SSSR count). The molecule has 2 nitrogen and oxygen atoms in total. The van der Waals surface area contributed by atoms with Crippen LogP contribution in [-0.4, -0.2) is 32.1 Å². The monoisotopic (exact) mass is 220 g/mol. The van der Waals surface area contributed by atoms with Gasteiger partial charge in [-0.3, -0.25) is 0 Å². The van der Waals surface area contributed by atoms with Crippen LogP contribution in [0.2, 0.25) is 0 Å². The Balaban J connectivity index is 2.49. The Bertz CT molecular complexity index is 321. The fraction of sp³-hybridized carbons (Fsp3) is 0.571. The van der Waals surface area contributed by atoms with E-state index in [1.54, 1.807) is 0 Å². The first-order chi connectivity index (χ1) is 7.65. The van der Waals surface area contributed by atoms with E-state index in [0.717, 1.165) is 19.6 Å². The van der Waals surface area contributed by atoms with Crippen LogP contribution >= 0.6 is 0 Å². The van der Waals surface area contributed by atoms with E-state index in [2.05, 4.69) is 49.3 Å². The molecule has 0 bridgehead atoms. The van der Waals surface area contributed by atoms with E-state index in [1.165, 1.54) is 23.1 Å². The first-order valence-electron chi connectivity index (χ1n) is 6.03. The molecular weight excluding hydrogens is 196 g/mol. The van der Waals surface area contributed by atoms with Crippen molar-refractivity contribution in [2.75, 3.05) is 27.2 Å². The highest BCUT2D eigenvalue weighted by molar-refractivity contribution is 5.32. The zero-order valence-electron chi connectivity index (χ0n) is 11.0. The van der Waals surface area contributed by atoms with E-state index in [1.807, 2.05) is 7.05 Å². The van der Waals surface area contributed by atoms with E-state index < -0.39 is 0 Å². The maximum absolute atomic E-state index is 3.18. The van der Waals surface area contributed by atoms with Crippen LogP contribution < -0.4 is 5.32 Å². The lowest BCUT2D eigenvalue weighted by molar-refractivity contribution is 0.320. The van der Waals surface area contributed by atoms with Gasteiger partial charge in [0.2, 0.25) is 0 Å². The van der Waals surface area contributed by atoms with Crippen LogP contribution in [-0.2, 0) is 6.54 Å². The number of nitrogens with zero attached hydrogens (tertiary/aromatic N) is 1. The van der Waals surface area contributed by atoms with Crippen molar-refractivity contribution in [3.05, 3.63) is 34.9 Å². The van der Waals surface area contributed by atoms with Gasteiger partial charge in [0.25, 0.3) is 0 Å². The average molecular weight is 220 g/mol. The quantitative estimate of drug-likeness (QED) is 0.740. The molecule has 90 valence electrons. The van der Waals surface area contributed by atoms with Crippen LogP contribution in [0.3, 0.4) is 0 Å². The topological polar surface area (TPSA) is 15.3 Å². The smallest absolute Gasteiger partial charge is 0.0233 e. The van der Waals surface area contributed by atoms with E-state index in [4.69, 9.17) is 0 Å². The summed E-state index contributed by atoms with van der Waals surface area (Å²) in [6.45, 7) is 7.69. The number of benzene rings is 1. The van der Waals surface area contributed by atoms with Crippen molar-refractivity contribution < 1.29 is 0 Å². The average Bonchev–Trinajstić information content (AvgIpc) is 2.25. The van der Waals surface area contributed by atoms with Crippen LogP contribution in [0.25, 0.3) is 0 Å². The van der Waals surface area contributed by atoms with Crippen LogP contribution in [0.5, 0.6) is 0 Å². The third kappa shape index (κ3) is 3.95. The molecule has 0 saturated heterocycles. The van der Waals surface area contributed by atoms with E-state index in [9.17, 15) is 0 Å². The molecule has 0 atom stereocenters. The van der Waals surface area contributed by atoms with Crippen molar-refractivity contribution in [3.63, 3.8) is 0 Å². The maximum Gasteiger partial charge on any atom is 0.0233 e. The molecule has 0 spiro atoms. The summed E-state index contributed by atoms with van der Waals surface area (Å²) >= 11 is 0. The second-order valence-corrected chi connectivity index (χ2v) is 4.55. The first kappa shape index (κ1) is 13.2. The molecule has 2 heteroatoms. The molecule has 0 aliphatic heterocycles. The molecule has 0 fully saturated rings. The summed E-state index contributed by atoms with van der Waals surface area (Å²) in [6, 6.07) is 6.57. The van der Waals surface area contributed by atoms with Gasteiger partial charge in [-0.25, -0.2) is 0 Å². The van der Waals surface area contributed by atoms with Gasteiger partial charge in [-0.1, -0.05) is 18.2 Å². The Morgan fingerprint density at radius 3 is 2.69 bits per heavy atom. The predicted molar refractivity (Wildman–Crippen MR) is 70.8 cm³/mol. The predicted octanol–water partition coefficient (Wildman–Crippen LogP) is 2.34. The van der Waals surface area contributed by atoms with Crippen molar-refractivity contribution in [2.45, 2.75) is 26.8 Å². The zero-order valence-corrected chi connectivity index (χ0v) is 11.0. The molecule has 0 aromatic heterocycles. The second kappa shape index (κ2) is 6.66. The molecule has 1 aromatic rings. The third-order valence-electron chi connectivity index (χ3n) is 3.12. The Kier molecular flexibility index (Phi) is 5.50. The minimum Gasteiger partial charge on any atom is -0.320 e. The molecule has 0 aliphatic carbocycles. The van der Waals surface area contributed by atoms with Crippen LogP contribution in [0.15, 0.2) is 18.2 Å². The van der Waals surface area contributed by atoms with Gasteiger partial charge in [-0.05, 0) is 64.1 Å². The van der Waals surface area contributed by atoms with Gasteiger partial charge in [0, 0.05) is 6.54 Å². The zero-order chi connectivity index (χ0) is 12.0. The van der Waals surface area contributed by atoms with Crippen molar-refractivity contribution in [1.29, 1.82) is 0 Å². The first-order valence-corrected chi connectivity index (χ1v) is 6.03. The highest BCUT2D eigenvalue weighted by atomic mass is 15.1. The number of nitrogens with one attached hydrogen (secondary N) is 1. The van der Waals surface area contributed by atoms with Crippen molar-refractivity contribution in [2.24, 2.45) is 0 Å². The lowest BCUT2D eigenvalue weighted by atomic mass is 10.0. The molecule has 0 unspecified atom stereocenters. The molecule has 1 N–H and O–H groups in total. The third-order valence-corrected chi connectivity index (χ3v) is 3.12. The molecular formula is C14H24N2. The normalized spacial score (nSPS) is 11.1. The molecule has 1 aromatic carbocycles. The largest absolute Gasteiger partial charge is 0.320 e. The van der Waals surface area contributed by atoms with Gasteiger partial charge in [0.1, 0.15) is 0 Å². The summed E-state index contributed by atoms with van der Waals surface area (Å²) in [5.74, 6) is 0. The molecule has 0 saturated carbocycles. The lowest BCUT2D eigenvalue weighted by Crippen LogP contribution is -2.22. The van der Waals surface area contributed by atoms with Gasteiger partial charge >= 0.3 is 0 Å². The van der Waals surface area contributed by atoms with Crippen molar-refractivity contribution in [3.8, 4) is 0 Å². The number of aryl methyl sites for hydroxylation is 1.